The number of rotatable bonds is 4. The molecule has 1 aromatic rings. The Bertz CT molecular complexity index is 533. The van der Waals surface area contributed by atoms with Crippen molar-refractivity contribution in [2.45, 2.75) is 32.1 Å². The fraction of sp³-hybridized carbons (Fsp3) is 0.385. The van der Waals surface area contributed by atoms with Gasteiger partial charge in [0.05, 0.1) is 16.8 Å². The second-order valence-corrected chi connectivity index (χ2v) is 5.39. The summed E-state index contributed by atoms with van der Waals surface area (Å²) in [5.74, 6) is -0.402. The van der Waals surface area contributed by atoms with Gasteiger partial charge in [-0.1, -0.05) is 12.1 Å². The van der Waals surface area contributed by atoms with E-state index in [0.29, 0.717) is 10.3 Å². The summed E-state index contributed by atoms with van der Waals surface area (Å²) in [6.07, 6.45) is -1.34. The van der Waals surface area contributed by atoms with E-state index in [-0.39, 0.29) is 12.1 Å². The maximum absolute atomic E-state index is 12.1. The van der Waals surface area contributed by atoms with Gasteiger partial charge in [-0.15, -0.1) is 0 Å². The molecule has 1 aliphatic rings. The lowest BCUT2D eigenvalue weighted by Gasteiger charge is -2.22. The van der Waals surface area contributed by atoms with E-state index in [1.807, 2.05) is 0 Å². The molecule has 0 bridgehead atoms. The molecule has 1 heterocycles. The Morgan fingerprint density at radius 1 is 1.42 bits per heavy atom. The van der Waals surface area contributed by atoms with Gasteiger partial charge < -0.3 is 4.74 Å². The second kappa shape index (κ2) is 4.83. The molecule has 0 radical (unpaired) electrons. The summed E-state index contributed by atoms with van der Waals surface area (Å²) in [6.45, 7) is 3.22. The summed E-state index contributed by atoms with van der Waals surface area (Å²) in [5.41, 5.74) is -0.370. The maximum atomic E-state index is 12.1. The molecule has 0 aromatic heterocycles. The summed E-state index contributed by atoms with van der Waals surface area (Å²) < 4.78 is 6.00. The van der Waals surface area contributed by atoms with Crippen LogP contribution in [0, 0.1) is 4.91 Å². The van der Waals surface area contributed by atoms with E-state index in [2.05, 4.69) is 0 Å². The quantitative estimate of drug-likeness (QED) is 0.629. The predicted molar refractivity (Wildman–Crippen MR) is 68.5 cm³/mol. The van der Waals surface area contributed by atoms with Crippen LogP contribution in [-0.4, -0.2) is 27.6 Å². The third-order valence-corrected chi connectivity index (χ3v) is 2.97. The topological polar surface area (TPSA) is 63.5 Å². The van der Waals surface area contributed by atoms with Crippen LogP contribution in [0.1, 0.15) is 30.6 Å². The van der Waals surface area contributed by atoms with Gasteiger partial charge in [-0.2, -0.15) is 0 Å². The van der Waals surface area contributed by atoms with Gasteiger partial charge in [0.15, 0.2) is 0 Å². The molecular formula is C13H13ClNO4+. The number of carbonyl (C=O) groups is 2. The van der Waals surface area contributed by atoms with Gasteiger partial charge in [-0.3, -0.25) is 9.59 Å². The molecule has 0 saturated carbocycles. The van der Waals surface area contributed by atoms with Gasteiger partial charge in [0.25, 0.3) is 11.5 Å². The first-order chi connectivity index (χ1) is 8.82. The molecule has 100 valence electrons. The van der Waals surface area contributed by atoms with E-state index < -0.39 is 22.9 Å². The molecule has 1 aromatic carbocycles. The van der Waals surface area contributed by atoms with Crippen LogP contribution >= 0.6 is 11.6 Å². The minimum atomic E-state index is -1.26. The summed E-state index contributed by atoms with van der Waals surface area (Å²) >= 11 is 5.31. The van der Waals surface area contributed by atoms with Crippen LogP contribution in [0.3, 0.4) is 0 Å². The number of hydrogen-bond donors (Lipinski definition) is 0. The van der Waals surface area contributed by atoms with E-state index >= 15 is 0 Å². The Labute approximate surface area is 115 Å². The number of benzene rings is 1. The first kappa shape index (κ1) is 13.8. The van der Waals surface area contributed by atoms with Crippen molar-refractivity contribution in [3.63, 3.8) is 0 Å². The fourth-order valence-corrected chi connectivity index (χ4v) is 2.34. The summed E-state index contributed by atoms with van der Waals surface area (Å²) in [7, 11) is 0. The van der Waals surface area contributed by atoms with Gasteiger partial charge in [-0.05, 0) is 31.5 Å². The number of carbonyl (C=O) groups excluding carboxylic acids is 2. The lowest BCUT2D eigenvalue weighted by Crippen LogP contribution is -2.38. The zero-order valence-electron chi connectivity index (χ0n) is 10.6. The molecule has 1 atom stereocenters. The van der Waals surface area contributed by atoms with Crippen LogP contribution in [0.4, 0.5) is 5.69 Å². The molecular weight excluding hydrogens is 270 g/mol. The minimum absolute atomic E-state index is 0.0808. The van der Waals surface area contributed by atoms with Gasteiger partial charge in [-0.25, -0.2) is 0 Å². The average molecular weight is 283 g/mol. The molecule has 0 aliphatic carbocycles. The zero-order valence-corrected chi connectivity index (χ0v) is 11.3. The Morgan fingerprint density at radius 3 is 2.63 bits per heavy atom. The minimum Gasteiger partial charge on any atom is -0.305 e. The lowest BCUT2D eigenvalue weighted by molar-refractivity contribution is -0.543. The molecule has 0 fully saturated rings. The SMILES string of the molecule is CC(C)(CC(=O)Cl)OC1C(=O)c2ccccc2[N+]1=O. The van der Waals surface area contributed by atoms with Crippen molar-refractivity contribution in [3.8, 4) is 0 Å². The maximum Gasteiger partial charge on any atom is 0.376 e. The molecule has 5 nitrogen and oxygen atoms in total. The number of halogens is 1. The predicted octanol–water partition coefficient (Wildman–Crippen LogP) is 2.57. The van der Waals surface area contributed by atoms with Crippen molar-refractivity contribution in [1.82, 2.24) is 0 Å². The number of hydrogen-bond acceptors (Lipinski definition) is 4. The van der Waals surface area contributed by atoms with Crippen LogP contribution in [-0.2, 0) is 9.53 Å². The van der Waals surface area contributed by atoms with Crippen LogP contribution in [0.25, 0.3) is 0 Å². The Morgan fingerprint density at radius 2 is 2.05 bits per heavy atom. The highest BCUT2D eigenvalue weighted by Crippen LogP contribution is 2.32. The van der Waals surface area contributed by atoms with Gasteiger partial charge >= 0.3 is 6.23 Å². The fourth-order valence-electron chi connectivity index (χ4n) is 2.02. The second-order valence-electron chi connectivity index (χ2n) is 4.97. The van der Waals surface area contributed by atoms with E-state index in [1.165, 1.54) is 0 Å². The van der Waals surface area contributed by atoms with Crippen molar-refractivity contribution < 1.29 is 19.1 Å². The van der Waals surface area contributed by atoms with Crippen molar-refractivity contribution in [3.05, 3.63) is 34.7 Å². The molecule has 0 amide bonds. The molecule has 19 heavy (non-hydrogen) atoms. The summed E-state index contributed by atoms with van der Waals surface area (Å²) in [5, 5.41) is -0.578. The van der Waals surface area contributed by atoms with Crippen molar-refractivity contribution >= 4 is 28.3 Å². The van der Waals surface area contributed by atoms with E-state index in [9.17, 15) is 14.5 Å². The molecule has 0 saturated heterocycles. The molecule has 6 heteroatoms. The van der Waals surface area contributed by atoms with Crippen LogP contribution in [0.2, 0.25) is 0 Å². The largest absolute Gasteiger partial charge is 0.376 e. The zero-order chi connectivity index (χ0) is 14.2. The van der Waals surface area contributed by atoms with E-state index in [0.717, 1.165) is 0 Å². The molecule has 2 rings (SSSR count). The smallest absolute Gasteiger partial charge is 0.305 e. The van der Waals surface area contributed by atoms with Crippen molar-refractivity contribution in [2.24, 2.45) is 0 Å². The number of ketones is 1. The Balaban J connectivity index is 2.23. The highest BCUT2D eigenvalue weighted by atomic mass is 35.5. The van der Waals surface area contributed by atoms with Gasteiger partial charge in [0, 0.05) is 11.0 Å². The average Bonchev–Trinajstić information content (AvgIpc) is 2.53. The number of para-hydroxylation sites is 1. The monoisotopic (exact) mass is 282 g/mol. The third kappa shape index (κ3) is 2.72. The third-order valence-electron chi connectivity index (χ3n) is 2.84. The number of ether oxygens (including phenoxy) is 1. The van der Waals surface area contributed by atoms with E-state index in [4.69, 9.17) is 16.3 Å². The molecule has 1 unspecified atom stereocenters. The highest BCUT2D eigenvalue weighted by Gasteiger charge is 2.50. The number of nitrogens with zero attached hydrogens (tertiary/aromatic N) is 1. The normalized spacial score (nSPS) is 18.6. The van der Waals surface area contributed by atoms with E-state index in [1.54, 1.807) is 38.1 Å². The standard InChI is InChI=1S/C13H13ClNO4/c1-13(2,7-10(14)16)19-12-11(17)8-5-3-4-6-9(8)15(12)18/h3-6,12H,7H2,1-2H3/q+1. The number of nitroso groups, excluding NO2 is 1. The molecule has 1 aliphatic heterocycles. The van der Waals surface area contributed by atoms with Crippen molar-refractivity contribution in [1.29, 1.82) is 0 Å². The summed E-state index contributed by atoms with van der Waals surface area (Å²) in [6, 6.07) is 6.49. The van der Waals surface area contributed by atoms with Crippen LogP contribution in [0.15, 0.2) is 24.3 Å². The Hall–Kier alpha value is -1.59. The van der Waals surface area contributed by atoms with Crippen molar-refractivity contribution in [2.75, 3.05) is 0 Å². The number of fused-ring (bicyclic) bond motifs is 1. The first-order valence-corrected chi connectivity index (χ1v) is 6.15. The summed E-state index contributed by atoms with van der Waals surface area (Å²) in [4.78, 5) is 35.0. The molecule has 0 spiro atoms. The highest BCUT2D eigenvalue weighted by molar-refractivity contribution is 6.63. The van der Waals surface area contributed by atoms with Crippen LogP contribution in [0.5, 0.6) is 0 Å². The van der Waals surface area contributed by atoms with Crippen LogP contribution < -0.4 is 0 Å². The number of Topliss-reactive ketones (excluding diaryl/α,β-unsaturated/α-hetero) is 1. The first-order valence-electron chi connectivity index (χ1n) is 5.77. The van der Waals surface area contributed by atoms with Gasteiger partial charge in [0.2, 0.25) is 5.24 Å². The molecule has 0 N–H and O–H groups in total. The van der Waals surface area contributed by atoms with Gasteiger partial charge in [0.1, 0.15) is 5.56 Å². The lowest BCUT2D eigenvalue weighted by atomic mass is 10.1. The Kier molecular flexibility index (Phi) is 3.52.